The summed E-state index contributed by atoms with van der Waals surface area (Å²) in [6.07, 6.45) is 15.1. The third-order valence-corrected chi connectivity index (χ3v) is 12.3. The van der Waals surface area contributed by atoms with Gasteiger partial charge in [0.1, 0.15) is 11.2 Å². The predicted octanol–water partition coefficient (Wildman–Crippen LogP) is 9.14. The molecule has 5 atom stereocenters. The zero-order valence-electron chi connectivity index (χ0n) is 23.7. The van der Waals surface area contributed by atoms with Gasteiger partial charge in [0.25, 0.3) is 0 Å². The van der Waals surface area contributed by atoms with Crippen LogP contribution in [-0.4, -0.2) is 33.8 Å². The second kappa shape index (κ2) is 12.5. The Labute approximate surface area is 253 Å². The van der Waals surface area contributed by atoms with Crippen molar-refractivity contribution < 1.29 is 24.2 Å². The predicted molar refractivity (Wildman–Crippen MR) is 168 cm³/mol. The highest BCUT2D eigenvalue weighted by Crippen LogP contribution is 2.65. The van der Waals surface area contributed by atoms with Gasteiger partial charge in [0.15, 0.2) is 0 Å². The van der Waals surface area contributed by atoms with E-state index in [2.05, 4.69) is 13.8 Å². The molecule has 8 aliphatic carbocycles. The molecule has 5 unspecified atom stereocenters. The van der Waals surface area contributed by atoms with E-state index in [1.54, 1.807) is 0 Å². The van der Waals surface area contributed by atoms with E-state index in [1.807, 2.05) is 13.8 Å². The van der Waals surface area contributed by atoms with Crippen LogP contribution in [-0.2, 0) is 19.1 Å². The molecule has 8 bridgehead atoms. The van der Waals surface area contributed by atoms with Gasteiger partial charge >= 0.3 is 11.9 Å². The minimum absolute atomic E-state index is 0. The van der Waals surface area contributed by atoms with Crippen molar-refractivity contribution in [3.8, 4) is 0 Å². The number of rotatable bonds is 9. The molecule has 0 amide bonds. The molecule has 1 N–H and O–H groups in total. The molecule has 240 valence electrons. The summed E-state index contributed by atoms with van der Waals surface area (Å²) in [6, 6.07) is 0. The monoisotopic (exact) mass is 578 g/mol. The summed E-state index contributed by atoms with van der Waals surface area (Å²) in [6.45, 7) is 8.34. The summed E-state index contributed by atoms with van der Waals surface area (Å²) in [4.78, 5) is 27.0. The average Bonchev–Trinajstić information content (AvgIpc) is 2.79. The Morgan fingerprint density at radius 3 is 1.73 bits per heavy atom. The highest BCUT2D eigenvalue weighted by atomic mass is 16.6. The lowest BCUT2D eigenvalue weighted by Gasteiger charge is -2.62. The van der Waals surface area contributed by atoms with Crippen LogP contribution in [0.4, 0.5) is 0 Å². The van der Waals surface area contributed by atoms with E-state index in [0.717, 1.165) is 49.9 Å². The van der Waals surface area contributed by atoms with Crippen LogP contribution in [0.2, 0.25) is 0 Å². The number of hydrogen-bond donors (Lipinski definition) is 1. The Kier molecular flexibility index (Phi) is 11.0. The van der Waals surface area contributed by atoms with Gasteiger partial charge in [-0.2, -0.15) is 0 Å². The zero-order chi connectivity index (χ0) is 26.2. The first-order valence-corrected chi connectivity index (χ1v) is 15.7. The number of hydrogen-bond acceptors (Lipinski definition) is 5. The number of aliphatic hydroxyl groups is 1. The van der Waals surface area contributed by atoms with Crippen LogP contribution >= 0.6 is 0 Å². The fourth-order valence-electron chi connectivity index (χ4n) is 11.1. The molecule has 8 rings (SSSR count). The fraction of sp³-hybridized carbons (Fsp3) is 0.944. The third-order valence-electron chi connectivity index (χ3n) is 12.3. The largest absolute Gasteiger partial charge is 0.459 e. The van der Waals surface area contributed by atoms with Crippen molar-refractivity contribution in [1.29, 1.82) is 0 Å². The van der Waals surface area contributed by atoms with Crippen LogP contribution in [0.5, 0.6) is 0 Å². The maximum atomic E-state index is 13.6. The molecule has 0 heterocycles. The molecule has 0 aromatic carbocycles. The van der Waals surface area contributed by atoms with Gasteiger partial charge in [-0.3, -0.25) is 9.59 Å². The summed E-state index contributed by atoms with van der Waals surface area (Å²) >= 11 is 0. The van der Waals surface area contributed by atoms with Crippen molar-refractivity contribution >= 4 is 11.9 Å². The summed E-state index contributed by atoms with van der Waals surface area (Å²) in [5, 5.41) is 11.0. The summed E-state index contributed by atoms with van der Waals surface area (Å²) in [5.41, 5.74) is -1.43. The van der Waals surface area contributed by atoms with Crippen LogP contribution in [0.25, 0.3) is 0 Å². The molecule has 0 saturated heterocycles. The van der Waals surface area contributed by atoms with Crippen molar-refractivity contribution in [3.05, 3.63) is 0 Å². The molecule has 8 aliphatic rings. The molecule has 0 spiro atoms. The van der Waals surface area contributed by atoms with Crippen LogP contribution in [0.3, 0.4) is 0 Å². The molecule has 5 heteroatoms. The van der Waals surface area contributed by atoms with Gasteiger partial charge in [-0.1, -0.05) is 50.5 Å². The van der Waals surface area contributed by atoms with Gasteiger partial charge in [0, 0.05) is 11.8 Å². The van der Waals surface area contributed by atoms with Gasteiger partial charge in [0.05, 0.1) is 17.4 Å². The first kappa shape index (κ1) is 36.1. The number of ether oxygens (including phenoxy) is 2. The van der Waals surface area contributed by atoms with Gasteiger partial charge in [-0.15, -0.1) is 0 Å². The maximum Gasteiger partial charge on any atom is 0.309 e. The lowest BCUT2D eigenvalue weighted by Crippen LogP contribution is -2.60. The fourth-order valence-corrected chi connectivity index (χ4v) is 11.1. The molecule has 0 aromatic rings. The Hall–Kier alpha value is -1.10. The highest BCUT2D eigenvalue weighted by molar-refractivity contribution is 5.76. The van der Waals surface area contributed by atoms with Crippen molar-refractivity contribution in [3.63, 3.8) is 0 Å². The lowest BCUT2D eigenvalue weighted by molar-refractivity contribution is -0.222. The van der Waals surface area contributed by atoms with Gasteiger partial charge < -0.3 is 14.6 Å². The first-order valence-electron chi connectivity index (χ1n) is 15.7. The molecule has 5 nitrogen and oxygen atoms in total. The van der Waals surface area contributed by atoms with Crippen LogP contribution in [0.15, 0.2) is 0 Å². The average molecular weight is 579 g/mol. The van der Waals surface area contributed by atoms with Gasteiger partial charge in [-0.25, -0.2) is 0 Å². The molecular weight excluding hydrogens is 512 g/mol. The van der Waals surface area contributed by atoms with Crippen molar-refractivity contribution in [1.82, 2.24) is 0 Å². The Morgan fingerprint density at radius 1 is 0.805 bits per heavy atom. The van der Waals surface area contributed by atoms with Gasteiger partial charge in [-0.05, 0) is 126 Å². The molecule has 8 fully saturated rings. The minimum Gasteiger partial charge on any atom is -0.459 e. The Balaban J connectivity index is 0.00000147. The highest BCUT2D eigenvalue weighted by Gasteiger charge is 2.61. The second-order valence-electron chi connectivity index (χ2n) is 15.2. The van der Waals surface area contributed by atoms with E-state index in [4.69, 9.17) is 9.47 Å². The minimum atomic E-state index is -0.648. The normalized spacial score (nSPS) is 41.8. The molecular formula is C36H66O5. The van der Waals surface area contributed by atoms with E-state index >= 15 is 0 Å². The summed E-state index contributed by atoms with van der Waals surface area (Å²) < 4.78 is 12.8. The van der Waals surface area contributed by atoms with E-state index in [-0.39, 0.29) is 58.9 Å². The number of esters is 2. The maximum absolute atomic E-state index is 13.6. The Morgan fingerprint density at radius 2 is 1.29 bits per heavy atom. The van der Waals surface area contributed by atoms with Crippen molar-refractivity contribution in [2.45, 2.75) is 171 Å². The molecule has 0 aliphatic heterocycles. The second-order valence-corrected chi connectivity index (χ2v) is 15.2. The Bertz CT molecular complexity index is 876. The molecule has 0 aromatic heterocycles. The van der Waals surface area contributed by atoms with Crippen LogP contribution < -0.4 is 0 Å². The molecule has 8 saturated carbocycles. The molecule has 41 heavy (non-hydrogen) atoms. The number of carbonyl (C=O) groups excluding carboxylic acids is 2. The van der Waals surface area contributed by atoms with Crippen LogP contribution in [0, 0.1) is 46.8 Å². The third kappa shape index (κ3) is 6.27. The number of carbonyl (C=O) groups is 2. The van der Waals surface area contributed by atoms with E-state index < -0.39 is 16.8 Å². The first-order chi connectivity index (χ1) is 17.5. The standard InChI is InChI=1S/C32H50O5.4CH4/c1-5-26(7-20(3)27(33)37-32-17-24-11-25(18-32)16-31(35,15-24)19-32)28(34)36-29(4,6-2)30-12-21-8-22(13-30)10-23(9-21)14-30;;;;/h20-26,35H,5-19H2,1-4H3;4*1H4. The quantitative estimate of drug-likeness (QED) is 0.276. The van der Waals surface area contributed by atoms with E-state index in [1.165, 1.54) is 44.9 Å². The lowest BCUT2D eigenvalue weighted by atomic mass is 9.45. The van der Waals surface area contributed by atoms with E-state index in [9.17, 15) is 14.7 Å². The summed E-state index contributed by atoms with van der Waals surface area (Å²) in [5.74, 6) is 2.44. The van der Waals surface area contributed by atoms with E-state index in [0.29, 0.717) is 31.1 Å². The smallest absolute Gasteiger partial charge is 0.309 e. The molecule has 0 radical (unpaired) electrons. The zero-order valence-corrected chi connectivity index (χ0v) is 23.7. The SMILES string of the molecule is C.C.C.C.CCC(CC(C)C(=O)OC12CC3CC(CC(O)(C3)C1)C2)C(=O)OC(C)(CC)C12CC3CC(CC(C3)C1)C2. The topological polar surface area (TPSA) is 72.8 Å². The van der Waals surface area contributed by atoms with Crippen LogP contribution in [0.1, 0.15) is 154 Å². The summed E-state index contributed by atoms with van der Waals surface area (Å²) in [7, 11) is 0. The van der Waals surface area contributed by atoms with Gasteiger partial charge in [0.2, 0.25) is 0 Å². The van der Waals surface area contributed by atoms with Crippen molar-refractivity contribution in [2.75, 3.05) is 0 Å². The van der Waals surface area contributed by atoms with Crippen molar-refractivity contribution in [2.24, 2.45) is 46.8 Å².